The zero-order valence-electron chi connectivity index (χ0n) is 12.3. The van der Waals surface area contributed by atoms with Crippen LogP contribution < -0.4 is 0 Å². The van der Waals surface area contributed by atoms with Gasteiger partial charge in [-0.25, -0.2) is 14.1 Å². The number of aliphatic imine (C=N–C) groups is 1. The maximum absolute atomic E-state index is 14.4. The van der Waals surface area contributed by atoms with Crippen LogP contribution in [0.15, 0.2) is 53.8 Å². The average Bonchev–Trinajstić information content (AvgIpc) is 3.04. The summed E-state index contributed by atoms with van der Waals surface area (Å²) in [5, 5.41) is 5.20. The average molecular weight is 361 g/mol. The lowest BCUT2D eigenvalue weighted by molar-refractivity contribution is 0.497. The summed E-state index contributed by atoms with van der Waals surface area (Å²) in [7, 11) is 0. The zero-order chi connectivity index (χ0) is 16.7. The van der Waals surface area contributed by atoms with E-state index in [1.807, 2.05) is 12.1 Å². The molecule has 2 aromatic carbocycles. The Hall–Kier alpha value is -2.24. The first-order valence-electron chi connectivity index (χ1n) is 7.30. The summed E-state index contributed by atoms with van der Waals surface area (Å²) in [6, 6.07) is 11.6. The second-order valence-corrected chi connectivity index (χ2v) is 6.27. The van der Waals surface area contributed by atoms with Gasteiger partial charge in [-0.3, -0.25) is 0 Å². The lowest BCUT2D eigenvalue weighted by Gasteiger charge is -2.25. The number of benzene rings is 2. The number of halogens is 3. The van der Waals surface area contributed by atoms with Crippen molar-refractivity contribution in [3.05, 3.63) is 75.8 Å². The van der Waals surface area contributed by atoms with Gasteiger partial charge in [0, 0.05) is 22.0 Å². The Kier molecular flexibility index (Phi) is 3.82. The third-order valence-corrected chi connectivity index (χ3v) is 4.56. The van der Waals surface area contributed by atoms with Crippen molar-refractivity contribution in [1.29, 1.82) is 0 Å². The highest BCUT2D eigenvalue weighted by Gasteiger charge is 2.29. The van der Waals surface area contributed by atoms with Crippen molar-refractivity contribution >= 4 is 34.9 Å². The summed E-state index contributed by atoms with van der Waals surface area (Å²) < 4.78 is 16.0. The van der Waals surface area contributed by atoms with Crippen LogP contribution in [0.25, 0.3) is 0 Å². The van der Waals surface area contributed by atoms with Crippen LogP contribution in [-0.2, 0) is 0 Å². The number of fused-ring (bicyclic) bond motifs is 1. The van der Waals surface area contributed by atoms with Crippen LogP contribution in [0.5, 0.6) is 0 Å². The maximum Gasteiger partial charge on any atom is 0.248 e. The Labute approximate surface area is 147 Å². The highest BCUT2D eigenvalue weighted by molar-refractivity contribution is 6.31. The van der Waals surface area contributed by atoms with Crippen molar-refractivity contribution in [3.63, 3.8) is 0 Å². The SMILES string of the molecule is Fc1cccc(Cl)c1[C@H]1CC(c2ccc(Cl)cc2)=Nc2ncnn21. The summed E-state index contributed by atoms with van der Waals surface area (Å²) in [6.45, 7) is 0. The van der Waals surface area contributed by atoms with Crippen molar-refractivity contribution in [2.45, 2.75) is 12.5 Å². The van der Waals surface area contributed by atoms with Gasteiger partial charge in [0.05, 0.1) is 11.8 Å². The first kappa shape index (κ1) is 15.3. The molecule has 0 bridgehead atoms. The molecule has 0 saturated heterocycles. The number of rotatable bonds is 2. The molecule has 4 rings (SSSR count). The second-order valence-electron chi connectivity index (χ2n) is 5.43. The van der Waals surface area contributed by atoms with Crippen LogP contribution in [-0.4, -0.2) is 20.5 Å². The molecule has 1 aromatic heterocycles. The first-order valence-corrected chi connectivity index (χ1v) is 8.06. The summed E-state index contributed by atoms with van der Waals surface area (Å²) >= 11 is 12.2. The van der Waals surface area contributed by atoms with E-state index < -0.39 is 6.04 Å². The van der Waals surface area contributed by atoms with Gasteiger partial charge in [0.1, 0.15) is 12.1 Å². The number of nitrogens with zero attached hydrogens (tertiary/aromatic N) is 4. The van der Waals surface area contributed by atoms with E-state index in [0.717, 1.165) is 11.3 Å². The minimum absolute atomic E-state index is 0.360. The topological polar surface area (TPSA) is 43.1 Å². The Morgan fingerprint density at radius 2 is 1.88 bits per heavy atom. The van der Waals surface area contributed by atoms with E-state index in [-0.39, 0.29) is 5.82 Å². The van der Waals surface area contributed by atoms with Crippen molar-refractivity contribution in [3.8, 4) is 0 Å². The molecular weight excluding hydrogens is 350 g/mol. The summed E-state index contributed by atoms with van der Waals surface area (Å²) in [5.41, 5.74) is 2.09. The lowest BCUT2D eigenvalue weighted by Crippen LogP contribution is -2.22. The third-order valence-electron chi connectivity index (χ3n) is 3.98. The van der Waals surface area contributed by atoms with Gasteiger partial charge in [-0.05, 0) is 29.8 Å². The van der Waals surface area contributed by atoms with Crippen LogP contribution >= 0.6 is 23.2 Å². The molecule has 3 aromatic rings. The molecule has 1 aliphatic heterocycles. The minimum Gasteiger partial charge on any atom is -0.222 e. The van der Waals surface area contributed by atoms with Gasteiger partial charge in [-0.2, -0.15) is 10.1 Å². The second kappa shape index (κ2) is 6.00. The van der Waals surface area contributed by atoms with E-state index in [2.05, 4.69) is 15.1 Å². The third kappa shape index (κ3) is 2.60. The van der Waals surface area contributed by atoms with Gasteiger partial charge >= 0.3 is 0 Å². The fraction of sp³-hybridized carbons (Fsp3) is 0.118. The highest BCUT2D eigenvalue weighted by atomic mass is 35.5. The Bertz CT molecular complexity index is 914. The fourth-order valence-electron chi connectivity index (χ4n) is 2.86. The predicted molar refractivity (Wildman–Crippen MR) is 91.8 cm³/mol. The van der Waals surface area contributed by atoms with E-state index in [9.17, 15) is 4.39 Å². The molecule has 24 heavy (non-hydrogen) atoms. The normalized spacial score (nSPS) is 16.6. The van der Waals surface area contributed by atoms with Crippen molar-refractivity contribution in [2.24, 2.45) is 4.99 Å². The molecule has 2 heterocycles. The molecule has 120 valence electrons. The van der Waals surface area contributed by atoms with Crippen LogP contribution in [0, 0.1) is 5.82 Å². The van der Waals surface area contributed by atoms with Gasteiger partial charge in [0.15, 0.2) is 0 Å². The van der Waals surface area contributed by atoms with E-state index >= 15 is 0 Å². The Morgan fingerprint density at radius 1 is 1.08 bits per heavy atom. The Morgan fingerprint density at radius 3 is 2.62 bits per heavy atom. The van der Waals surface area contributed by atoms with Crippen molar-refractivity contribution in [1.82, 2.24) is 14.8 Å². The molecule has 0 unspecified atom stereocenters. The molecule has 1 aliphatic rings. The van der Waals surface area contributed by atoms with E-state index in [4.69, 9.17) is 23.2 Å². The first-order chi connectivity index (χ1) is 11.6. The smallest absolute Gasteiger partial charge is 0.222 e. The van der Waals surface area contributed by atoms with Crippen LogP contribution in [0.1, 0.15) is 23.6 Å². The quantitative estimate of drug-likeness (QED) is 0.656. The molecule has 0 radical (unpaired) electrons. The predicted octanol–water partition coefficient (Wildman–Crippen LogP) is 4.84. The fourth-order valence-corrected chi connectivity index (χ4v) is 3.27. The molecule has 0 fully saturated rings. The molecule has 0 saturated carbocycles. The van der Waals surface area contributed by atoms with Gasteiger partial charge in [-0.15, -0.1) is 0 Å². The van der Waals surface area contributed by atoms with Crippen LogP contribution in [0.3, 0.4) is 0 Å². The zero-order valence-corrected chi connectivity index (χ0v) is 13.8. The van der Waals surface area contributed by atoms with E-state index in [1.54, 1.807) is 28.9 Å². The molecular formula is C17H11Cl2FN4. The largest absolute Gasteiger partial charge is 0.248 e. The standard InChI is InChI=1S/C17H11Cl2FN4/c18-11-6-4-10(5-7-11)14-8-15(24-17(23-14)21-9-22-24)16-12(19)2-1-3-13(16)20/h1-7,9,15H,8H2/t15-/m1/s1. The van der Waals surface area contributed by atoms with E-state index in [0.29, 0.717) is 28.0 Å². The molecule has 0 amide bonds. The molecule has 7 heteroatoms. The van der Waals surface area contributed by atoms with Gasteiger partial charge in [0.2, 0.25) is 5.95 Å². The van der Waals surface area contributed by atoms with Crippen LogP contribution in [0.2, 0.25) is 10.0 Å². The Balaban J connectivity index is 1.83. The lowest BCUT2D eigenvalue weighted by atomic mass is 9.95. The van der Waals surface area contributed by atoms with Gasteiger partial charge in [-0.1, -0.05) is 41.4 Å². The monoisotopic (exact) mass is 360 g/mol. The molecule has 0 N–H and O–H groups in total. The number of hydrogen-bond donors (Lipinski definition) is 0. The van der Waals surface area contributed by atoms with Gasteiger partial charge in [0.25, 0.3) is 0 Å². The van der Waals surface area contributed by atoms with Gasteiger partial charge < -0.3 is 0 Å². The maximum atomic E-state index is 14.4. The minimum atomic E-state index is -0.403. The van der Waals surface area contributed by atoms with Crippen molar-refractivity contribution < 1.29 is 4.39 Å². The molecule has 4 nitrogen and oxygen atoms in total. The highest BCUT2D eigenvalue weighted by Crippen LogP contribution is 2.36. The van der Waals surface area contributed by atoms with Crippen LogP contribution in [0.4, 0.5) is 10.3 Å². The summed E-state index contributed by atoms with van der Waals surface area (Å²) in [5.74, 6) is 0.0572. The molecule has 1 atom stereocenters. The summed E-state index contributed by atoms with van der Waals surface area (Å²) in [6.07, 6.45) is 1.87. The van der Waals surface area contributed by atoms with Crippen molar-refractivity contribution in [2.75, 3.05) is 0 Å². The summed E-state index contributed by atoms with van der Waals surface area (Å²) in [4.78, 5) is 8.70. The molecule has 0 aliphatic carbocycles. The molecule has 0 spiro atoms. The van der Waals surface area contributed by atoms with E-state index in [1.165, 1.54) is 12.4 Å². The number of hydrogen-bond acceptors (Lipinski definition) is 3. The number of aromatic nitrogens is 3.